The van der Waals surface area contributed by atoms with Crippen molar-refractivity contribution in [2.24, 2.45) is 5.73 Å². The van der Waals surface area contributed by atoms with Gasteiger partial charge in [0.25, 0.3) is 0 Å². The van der Waals surface area contributed by atoms with Crippen molar-refractivity contribution in [2.45, 2.75) is 12.6 Å². The van der Waals surface area contributed by atoms with Gasteiger partial charge < -0.3 is 15.4 Å². The topological polar surface area (TPSA) is 53.8 Å². The van der Waals surface area contributed by atoms with Gasteiger partial charge in [-0.25, -0.2) is 10.4 Å². The molecule has 1 aromatic rings. The van der Waals surface area contributed by atoms with E-state index in [1.807, 2.05) is 0 Å². The number of likely N-dealkylation sites (N-methyl/N-ethyl adjacent to an activating group) is 1. The Hall–Kier alpha value is -0.980. The maximum atomic E-state index is 5.94. The summed E-state index contributed by atoms with van der Waals surface area (Å²) in [6.45, 7) is 5.47. The van der Waals surface area contributed by atoms with E-state index in [0.717, 1.165) is 26.2 Å². The Kier molecular flexibility index (Phi) is 5.94. The van der Waals surface area contributed by atoms with Crippen LogP contribution < -0.4 is 11.2 Å². The predicted molar refractivity (Wildman–Crippen MR) is 81.2 cm³/mol. The van der Waals surface area contributed by atoms with Gasteiger partial charge in [0.15, 0.2) is 0 Å². The zero-order valence-electron chi connectivity index (χ0n) is 12.5. The van der Waals surface area contributed by atoms with E-state index in [1.54, 1.807) is 7.11 Å². The number of piperazine rings is 1. The van der Waals surface area contributed by atoms with Gasteiger partial charge in [0, 0.05) is 39.8 Å². The second-order valence-corrected chi connectivity index (χ2v) is 5.39. The summed E-state index contributed by atoms with van der Waals surface area (Å²) in [6.07, 6.45) is 0. The van der Waals surface area contributed by atoms with Gasteiger partial charge in [-0.1, -0.05) is 24.3 Å². The predicted octanol–water partition coefficient (Wildman–Crippen LogP) is 0.585. The molecule has 0 aliphatic carbocycles. The second kappa shape index (κ2) is 7.71. The Morgan fingerprint density at radius 3 is 2.70 bits per heavy atom. The highest BCUT2D eigenvalue weighted by Gasteiger charge is 2.18. The van der Waals surface area contributed by atoms with Crippen molar-refractivity contribution in [2.75, 3.05) is 46.9 Å². The van der Waals surface area contributed by atoms with Crippen LogP contribution in [0.1, 0.15) is 17.2 Å². The van der Waals surface area contributed by atoms with Gasteiger partial charge in [0.05, 0.1) is 12.6 Å². The Labute approximate surface area is 121 Å². The molecular formula is C15H26N4O. The van der Waals surface area contributed by atoms with Crippen LogP contribution in [0.15, 0.2) is 24.3 Å². The Morgan fingerprint density at radius 1 is 1.30 bits per heavy atom. The van der Waals surface area contributed by atoms with Crippen LogP contribution in [0, 0.1) is 0 Å². The number of benzene rings is 1. The van der Waals surface area contributed by atoms with Crippen molar-refractivity contribution in [3.05, 3.63) is 35.4 Å². The first-order valence-electron chi connectivity index (χ1n) is 7.20. The molecule has 0 saturated carbocycles. The van der Waals surface area contributed by atoms with Crippen LogP contribution in [-0.2, 0) is 11.3 Å². The van der Waals surface area contributed by atoms with Gasteiger partial charge in [-0.2, -0.15) is 0 Å². The summed E-state index contributed by atoms with van der Waals surface area (Å²) in [4.78, 5) is 2.34. The van der Waals surface area contributed by atoms with Crippen LogP contribution in [0.2, 0.25) is 0 Å². The fraction of sp³-hybridized carbons (Fsp3) is 0.600. The lowest BCUT2D eigenvalue weighted by Gasteiger charge is -2.35. The SMILES string of the molecule is COCc1cccc(C(CN)NN2CCN(C)CC2)c1. The highest BCUT2D eigenvalue weighted by Crippen LogP contribution is 2.15. The molecule has 2 rings (SSSR count). The standard InChI is InChI=1S/C15H26N4O/c1-18-6-8-19(9-7-18)17-15(11-16)14-5-3-4-13(10-14)12-20-2/h3-5,10,15,17H,6-9,11-12,16H2,1-2H3. The number of nitrogens with one attached hydrogen (secondary N) is 1. The summed E-state index contributed by atoms with van der Waals surface area (Å²) < 4.78 is 5.19. The third-order valence-corrected chi connectivity index (χ3v) is 3.74. The number of nitrogens with zero attached hydrogens (tertiary/aromatic N) is 2. The zero-order chi connectivity index (χ0) is 14.4. The molecular weight excluding hydrogens is 252 g/mol. The van der Waals surface area contributed by atoms with Crippen molar-refractivity contribution in [1.82, 2.24) is 15.3 Å². The minimum absolute atomic E-state index is 0.162. The first-order valence-corrected chi connectivity index (χ1v) is 7.20. The molecule has 5 nitrogen and oxygen atoms in total. The van der Waals surface area contributed by atoms with Crippen molar-refractivity contribution in [3.63, 3.8) is 0 Å². The van der Waals surface area contributed by atoms with Crippen LogP contribution in [0.5, 0.6) is 0 Å². The fourth-order valence-corrected chi connectivity index (χ4v) is 2.49. The molecule has 0 bridgehead atoms. The first-order chi connectivity index (χ1) is 9.72. The van der Waals surface area contributed by atoms with Crippen molar-refractivity contribution in [1.29, 1.82) is 0 Å². The normalized spacial score (nSPS) is 19.1. The van der Waals surface area contributed by atoms with Crippen LogP contribution in [0.3, 0.4) is 0 Å². The monoisotopic (exact) mass is 278 g/mol. The molecule has 112 valence electrons. The molecule has 1 aliphatic heterocycles. The van der Waals surface area contributed by atoms with Gasteiger partial charge in [-0.15, -0.1) is 0 Å². The summed E-state index contributed by atoms with van der Waals surface area (Å²) in [5, 5.41) is 2.28. The maximum Gasteiger partial charge on any atom is 0.0713 e. The van der Waals surface area contributed by atoms with Gasteiger partial charge in [-0.05, 0) is 18.2 Å². The number of methoxy groups -OCH3 is 1. The second-order valence-electron chi connectivity index (χ2n) is 5.39. The molecule has 0 radical (unpaired) electrons. The molecule has 1 heterocycles. The molecule has 0 aromatic heterocycles. The van der Waals surface area contributed by atoms with Crippen LogP contribution in [-0.4, -0.2) is 56.8 Å². The number of hydrogen-bond acceptors (Lipinski definition) is 5. The lowest BCUT2D eigenvalue weighted by molar-refractivity contribution is 0.0879. The minimum Gasteiger partial charge on any atom is -0.380 e. The molecule has 0 amide bonds. The summed E-state index contributed by atoms with van der Waals surface area (Å²) in [5.74, 6) is 0. The molecule has 1 saturated heterocycles. The van der Waals surface area contributed by atoms with Crippen LogP contribution >= 0.6 is 0 Å². The zero-order valence-corrected chi connectivity index (χ0v) is 12.5. The molecule has 3 N–H and O–H groups in total. The molecule has 1 aliphatic rings. The lowest BCUT2D eigenvalue weighted by Crippen LogP contribution is -2.52. The fourth-order valence-electron chi connectivity index (χ4n) is 2.49. The molecule has 0 spiro atoms. The van der Waals surface area contributed by atoms with E-state index >= 15 is 0 Å². The number of ether oxygens (including phenoxy) is 1. The Balaban J connectivity index is 1.98. The van der Waals surface area contributed by atoms with Crippen molar-refractivity contribution < 1.29 is 4.74 Å². The Morgan fingerprint density at radius 2 is 2.05 bits per heavy atom. The van der Waals surface area contributed by atoms with Gasteiger partial charge in [-0.3, -0.25) is 0 Å². The highest BCUT2D eigenvalue weighted by atomic mass is 16.5. The largest absolute Gasteiger partial charge is 0.380 e. The molecule has 1 fully saturated rings. The van der Waals surface area contributed by atoms with Crippen molar-refractivity contribution in [3.8, 4) is 0 Å². The number of nitrogens with two attached hydrogens (primary N) is 1. The van der Waals surface area contributed by atoms with Crippen molar-refractivity contribution >= 4 is 0 Å². The summed E-state index contributed by atoms with van der Waals surface area (Å²) >= 11 is 0. The van der Waals surface area contributed by atoms with E-state index < -0.39 is 0 Å². The van der Waals surface area contributed by atoms with Crippen LogP contribution in [0.25, 0.3) is 0 Å². The molecule has 1 aromatic carbocycles. The van der Waals surface area contributed by atoms with E-state index in [1.165, 1.54) is 11.1 Å². The third-order valence-electron chi connectivity index (χ3n) is 3.74. The average molecular weight is 278 g/mol. The van der Waals surface area contributed by atoms with E-state index in [9.17, 15) is 0 Å². The smallest absolute Gasteiger partial charge is 0.0713 e. The van der Waals surface area contributed by atoms with Gasteiger partial charge >= 0.3 is 0 Å². The highest BCUT2D eigenvalue weighted by molar-refractivity contribution is 5.26. The molecule has 5 heteroatoms. The van der Waals surface area contributed by atoms with E-state index in [-0.39, 0.29) is 6.04 Å². The maximum absolute atomic E-state index is 5.94. The Bertz CT molecular complexity index is 405. The summed E-state index contributed by atoms with van der Waals surface area (Å²) in [6, 6.07) is 8.60. The average Bonchev–Trinajstić information content (AvgIpc) is 2.47. The minimum atomic E-state index is 0.162. The summed E-state index contributed by atoms with van der Waals surface area (Å²) in [5.41, 5.74) is 11.9. The van der Waals surface area contributed by atoms with Gasteiger partial charge in [0.2, 0.25) is 0 Å². The molecule has 1 unspecified atom stereocenters. The van der Waals surface area contributed by atoms with E-state index in [4.69, 9.17) is 10.5 Å². The van der Waals surface area contributed by atoms with Crippen LogP contribution in [0.4, 0.5) is 0 Å². The van der Waals surface area contributed by atoms with E-state index in [0.29, 0.717) is 13.2 Å². The third kappa shape index (κ3) is 4.26. The van der Waals surface area contributed by atoms with Gasteiger partial charge in [0.1, 0.15) is 0 Å². The number of hydrazine groups is 1. The molecule has 20 heavy (non-hydrogen) atoms. The summed E-state index contributed by atoms with van der Waals surface area (Å²) in [7, 11) is 3.88. The first kappa shape index (κ1) is 15.4. The molecule has 1 atom stereocenters. The number of hydrogen-bond donors (Lipinski definition) is 2. The quantitative estimate of drug-likeness (QED) is 0.797. The lowest BCUT2D eigenvalue weighted by atomic mass is 10.0. The van der Waals surface area contributed by atoms with E-state index in [2.05, 4.69) is 46.6 Å². The number of rotatable bonds is 6.